The van der Waals surface area contributed by atoms with E-state index in [1.165, 1.54) is 18.4 Å². The number of aryl methyl sites for hydroxylation is 1. The van der Waals surface area contributed by atoms with E-state index in [0.717, 1.165) is 12.2 Å². The Morgan fingerprint density at radius 1 is 1.20 bits per heavy atom. The number of benzene rings is 1. The van der Waals surface area contributed by atoms with Crippen LogP contribution in [0, 0.1) is 5.41 Å². The minimum absolute atomic E-state index is 0.0645. The molecule has 0 fully saturated rings. The van der Waals surface area contributed by atoms with E-state index < -0.39 is 0 Å². The van der Waals surface area contributed by atoms with Gasteiger partial charge in [0.25, 0.3) is 0 Å². The highest BCUT2D eigenvalue weighted by molar-refractivity contribution is 5.93. The van der Waals surface area contributed by atoms with E-state index in [0.29, 0.717) is 11.6 Å². The Labute approximate surface area is 119 Å². The quantitative estimate of drug-likeness (QED) is 0.622. The van der Waals surface area contributed by atoms with E-state index in [9.17, 15) is 0 Å². The van der Waals surface area contributed by atoms with Crippen LogP contribution < -0.4 is 10.5 Å². The number of nitrogens with two attached hydrogens (primary N) is 1. The Morgan fingerprint density at radius 2 is 1.95 bits per heavy atom. The molecule has 0 saturated heterocycles. The predicted octanol–water partition coefficient (Wildman–Crippen LogP) is 3.50. The van der Waals surface area contributed by atoms with Crippen LogP contribution in [0.1, 0.15) is 31.0 Å². The Balaban J connectivity index is 2.06. The lowest BCUT2D eigenvalue weighted by molar-refractivity contribution is 0.462. The maximum atomic E-state index is 7.36. The Hall–Kier alpha value is -2.36. The molecule has 20 heavy (non-hydrogen) atoms. The summed E-state index contributed by atoms with van der Waals surface area (Å²) in [5.41, 5.74) is 7.14. The van der Waals surface area contributed by atoms with Gasteiger partial charge in [-0.15, -0.1) is 0 Å². The molecule has 1 heterocycles. The summed E-state index contributed by atoms with van der Waals surface area (Å²) in [6.07, 6.45) is 3.48. The molecule has 4 nitrogen and oxygen atoms in total. The number of hydrogen-bond acceptors (Lipinski definition) is 3. The first-order chi connectivity index (χ1) is 9.69. The predicted molar refractivity (Wildman–Crippen MR) is 80.4 cm³/mol. The molecule has 0 unspecified atom stereocenters. The van der Waals surface area contributed by atoms with Crippen molar-refractivity contribution in [3.05, 3.63) is 53.7 Å². The molecule has 104 valence electrons. The largest absolute Gasteiger partial charge is 0.439 e. The standard InChI is InChI=1S/C16H19N3O/c1-2-3-5-12-8-10-13(11-9-12)20-15-7-4-6-14(19-15)16(17)18/h4,6-11H,2-3,5H2,1H3,(H3,17,18). The van der Waals surface area contributed by atoms with E-state index in [1.54, 1.807) is 18.2 Å². The zero-order valence-electron chi connectivity index (χ0n) is 11.6. The second-order valence-corrected chi connectivity index (χ2v) is 4.62. The second kappa shape index (κ2) is 6.70. The van der Waals surface area contributed by atoms with E-state index in [-0.39, 0.29) is 5.84 Å². The maximum Gasteiger partial charge on any atom is 0.219 e. The number of nitrogens with zero attached hydrogens (tertiary/aromatic N) is 1. The van der Waals surface area contributed by atoms with Crippen LogP contribution in [0.25, 0.3) is 0 Å². The van der Waals surface area contributed by atoms with Gasteiger partial charge in [-0.1, -0.05) is 31.5 Å². The molecule has 0 aliphatic heterocycles. The molecule has 0 amide bonds. The first-order valence-electron chi connectivity index (χ1n) is 6.77. The van der Waals surface area contributed by atoms with Gasteiger partial charge >= 0.3 is 0 Å². The molecule has 1 aromatic heterocycles. The van der Waals surface area contributed by atoms with Crippen LogP contribution in [0.4, 0.5) is 0 Å². The third kappa shape index (κ3) is 3.82. The summed E-state index contributed by atoms with van der Waals surface area (Å²) < 4.78 is 5.67. The van der Waals surface area contributed by atoms with Gasteiger partial charge in [-0.2, -0.15) is 0 Å². The van der Waals surface area contributed by atoms with E-state index in [1.807, 2.05) is 12.1 Å². The number of ether oxygens (including phenoxy) is 1. The molecule has 4 heteroatoms. The molecule has 2 rings (SSSR count). The highest BCUT2D eigenvalue weighted by Crippen LogP contribution is 2.20. The summed E-state index contributed by atoms with van der Waals surface area (Å²) >= 11 is 0. The van der Waals surface area contributed by atoms with Crippen molar-refractivity contribution in [2.75, 3.05) is 0 Å². The molecule has 0 atom stereocenters. The van der Waals surface area contributed by atoms with Crippen LogP contribution in [0.5, 0.6) is 11.6 Å². The number of amidine groups is 1. The summed E-state index contributed by atoms with van der Waals surface area (Å²) in [6, 6.07) is 13.2. The molecule has 2 aromatic rings. The number of rotatable bonds is 6. The van der Waals surface area contributed by atoms with Crippen molar-refractivity contribution >= 4 is 5.84 Å². The molecule has 0 saturated carbocycles. The summed E-state index contributed by atoms with van der Waals surface area (Å²) in [6.45, 7) is 2.19. The molecule has 3 N–H and O–H groups in total. The van der Waals surface area contributed by atoms with Gasteiger partial charge < -0.3 is 10.5 Å². The number of nitrogen functional groups attached to an aromatic ring is 1. The lowest BCUT2D eigenvalue weighted by Crippen LogP contribution is -2.13. The lowest BCUT2D eigenvalue weighted by Gasteiger charge is -2.07. The summed E-state index contributed by atoms with van der Waals surface area (Å²) in [5, 5.41) is 7.36. The SMILES string of the molecule is CCCCc1ccc(Oc2cccc(C(=N)N)n2)cc1. The Morgan fingerprint density at radius 3 is 2.60 bits per heavy atom. The van der Waals surface area contributed by atoms with Crippen LogP contribution in [0.2, 0.25) is 0 Å². The van der Waals surface area contributed by atoms with Crippen molar-refractivity contribution in [2.24, 2.45) is 5.73 Å². The van der Waals surface area contributed by atoms with Gasteiger partial charge in [-0.05, 0) is 36.6 Å². The molecular formula is C16H19N3O. The molecule has 0 bridgehead atoms. The highest BCUT2D eigenvalue weighted by atomic mass is 16.5. The van der Waals surface area contributed by atoms with Crippen molar-refractivity contribution < 1.29 is 4.74 Å². The summed E-state index contributed by atoms with van der Waals surface area (Å²) in [5.74, 6) is 1.11. The normalized spacial score (nSPS) is 10.2. The third-order valence-electron chi connectivity index (χ3n) is 2.96. The first-order valence-corrected chi connectivity index (χ1v) is 6.77. The monoisotopic (exact) mass is 269 g/mol. The minimum atomic E-state index is -0.0645. The Bertz CT molecular complexity index is 579. The van der Waals surface area contributed by atoms with Crippen molar-refractivity contribution in [2.45, 2.75) is 26.2 Å². The molecular weight excluding hydrogens is 250 g/mol. The molecule has 1 aromatic carbocycles. The topological polar surface area (TPSA) is 72.0 Å². The van der Waals surface area contributed by atoms with Crippen molar-refractivity contribution in [3.63, 3.8) is 0 Å². The summed E-state index contributed by atoms with van der Waals surface area (Å²) in [7, 11) is 0. The van der Waals surface area contributed by atoms with Crippen LogP contribution in [0.15, 0.2) is 42.5 Å². The lowest BCUT2D eigenvalue weighted by atomic mass is 10.1. The average molecular weight is 269 g/mol. The average Bonchev–Trinajstić information content (AvgIpc) is 2.47. The van der Waals surface area contributed by atoms with Gasteiger partial charge in [0, 0.05) is 6.07 Å². The fraction of sp³-hybridized carbons (Fsp3) is 0.250. The van der Waals surface area contributed by atoms with Crippen molar-refractivity contribution in [3.8, 4) is 11.6 Å². The van der Waals surface area contributed by atoms with Crippen molar-refractivity contribution in [1.29, 1.82) is 5.41 Å². The number of pyridine rings is 1. The number of hydrogen-bond donors (Lipinski definition) is 2. The second-order valence-electron chi connectivity index (χ2n) is 4.62. The molecule has 0 aliphatic carbocycles. The van der Waals surface area contributed by atoms with Gasteiger partial charge in [0.15, 0.2) is 0 Å². The van der Waals surface area contributed by atoms with Crippen LogP contribution in [-0.2, 0) is 6.42 Å². The minimum Gasteiger partial charge on any atom is -0.439 e. The fourth-order valence-electron chi connectivity index (χ4n) is 1.85. The zero-order valence-corrected chi connectivity index (χ0v) is 11.6. The van der Waals surface area contributed by atoms with Crippen LogP contribution in [-0.4, -0.2) is 10.8 Å². The smallest absolute Gasteiger partial charge is 0.219 e. The first kappa shape index (κ1) is 14.1. The number of unbranched alkanes of at least 4 members (excludes halogenated alkanes) is 1. The number of aromatic nitrogens is 1. The van der Waals surface area contributed by atoms with Crippen molar-refractivity contribution in [1.82, 2.24) is 4.98 Å². The van der Waals surface area contributed by atoms with E-state index in [2.05, 4.69) is 24.0 Å². The fourth-order valence-corrected chi connectivity index (χ4v) is 1.85. The van der Waals surface area contributed by atoms with Gasteiger partial charge in [-0.25, -0.2) is 4.98 Å². The van der Waals surface area contributed by atoms with Crippen LogP contribution >= 0.6 is 0 Å². The van der Waals surface area contributed by atoms with Gasteiger partial charge in [0.2, 0.25) is 5.88 Å². The maximum absolute atomic E-state index is 7.36. The van der Waals surface area contributed by atoms with Crippen LogP contribution in [0.3, 0.4) is 0 Å². The number of nitrogens with one attached hydrogen (secondary N) is 1. The van der Waals surface area contributed by atoms with Gasteiger partial charge in [0.1, 0.15) is 17.3 Å². The molecule has 0 radical (unpaired) electrons. The van der Waals surface area contributed by atoms with Gasteiger partial charge in [-0.3, -0.25) is 5.41 Å². The summed E-state index contributed by atoms with van der Waals surface area (Å²) in [4.78, 5) is 4.17. The van der Waals surface area contributed by atoms with E-state index >= 15 is 0 Å². The molecule has 0 aliphatic rings. The zero-order chi connectivity index (χ0) is 14.4. The Kier molecular flexibility index (Phi) is 4.71. The van der Waals surface area contributed by atoms with Gasteiger partial charge in [0.05, 0.1) is 0 Å². The highest BCUT2D eigenvalue weighted by Gasteiger charge is 2.03. The molecule has 0 spiro atoms. The van der Waals surface area contributed by atoms with E-state index in [4.69, 9.17) is 15.9 Å². The third-order valence-corrected chi connectivity index (χ3v) is 2.96.